The number of rotatable bonds is 12. The first-order chi connectivity index (χ1) is 36.4. The minimum Gasteiger partial charge on any atom is -0.487 e. The van der Waals surface area contributed by atoms with Crippen LogP contribution in [0.1, 0.15) is 37.4 Å². The molecule has 6 aromatic heterocycles. The van der Waals surface area contributed by atoms with Gasteiger partial charge in [0.25, 0.3) is 22.9 Å². The van der Waals surface area contributed by atoms with E-state index in [9.17, 15) is 33.6 Å². The summed E-state index contributed by atoms with van der Waals surface area (Å²) in [7, 11) is 3.26. The Labute approximate surface area is 513 Å². The first-order valence-electron chi connectivity index (χ1n) is 23.1. The Bertz CT molecular complexity index is 3340. The molecule has 4 aliphatic rings. The van der Waals surface area contributed by atoms with Gasteiger partial charge in [0.15, 0.2) is 47.6 Å². The Hall–Kier alpha value is -5.29. The van der Waals surface area contributed by atoms with Crippen molar-refractivity contribution in [2.45, 2.75) is 57.8 Å². The zero-order chi connectivity index (χ0) is 54.8. The third-order valence-corrected chi connectivity index (χ3v) is 12.1. The average Bonchev–Trinajstić information content (AvgIpc) is 3.98. The third-order valence-electron chi connectivity index (χ3n) is 11.6. The molecule has 0 bridgehead atoms. The zero-order valence-corrected chi connectivity index (χ0v) is 51.7. The molecule has 0 aliphatic carbocycles. The molecule has 10 heterocycles. The molecule has 3 amide bonds. The molecule has 3 atom stereocenters. The van der Waals surface area contributed by atoms with Crippen molar-refractivity contribution in [1.29, 1.82) is 0 Å². The summed E-state index contributed by atoms with van der Waals surface area (Å²) in [5.41, 5.74) is 8.54. The van der Waals surface area contributed by atoms with Crippen LogP contribution in [-0.4, -0.2) is 129 Å². The number of cyclic esters (lactones) is 2. The van der Waals surface area contributed by atoms with E-state index in [2.05, 4.69) is 80.4 Å². The Kier molecular flexibility index (Phi) is 25.6. The predicted molar refractivity (Wildman–Crippen MR) is 315 cm³/mol. The number of nitrogens with one attached hydrogen (secondary N) is 1. The average molecular weight is 1430 g/mol. The van der Waals surface area contributed by atoms with Crippen molar-refractivity contribution in [1.82, 2.24) is 39.0 Å². The summed E-state index contributed by atoms with van der Waals surface area (Å²) in [6.07, 6.45) is 6.63. The Morgan fingerprint density at radius 2 is 1.43 bits per heavy atom. The van der Waals surface area contributed by atoms with E-state index in [-0.39, 0.29) is 142 Å². The Morgan fingerprint density at radius 1 is 0.823 bits per heavy atom. The van der Waals surface area contributed by atoms with Gasteiger partial charge < -0.3 is 48.6 Å². The van der Waals surface area contributed by atoms with E-state index < -0.39 is 12.2 Å². The van der Waals surface area contributed by atoms with Crippen LogP contribution >= 0.6 is 95.4 Å². The summed E-state index contributed by atoms with van der Waals surface area (Å²) in [4.78, 5) is 109. The van der Waals surface area contributed by atoms with Crippen molar-refractivity contribution in [3.8, 4) is 23.3 Å². The summed E-state index contributed by atoms with van der Waals surface area (Å²) in [6.45, 7) is 4.39. The summed E-state index contributed by atoms with van der Waals surface area (Å²) in [5.74, 6) is 1.67. The van der Waals surface area contributed by atoms with E-state index in [1.807, 2.05) is 13.8 Å². The van der Waals surface area contributed by atoms with Gasteiger partial charge in [0.1, 0.15) is 52.2 Å². The van der Waals surface area contributed by atoms with Gasteiger partial charge in [0.05, 0.1) is 63.9 Å². The number of nitrogens with two attached hydrogens (primary N) is 1. The molecule has 4 aliphatic heterocycles. The number of aromatic nitrogens is 8. The maximum Gasteiger partial charge on any atom is 0.416 e. The van der Waals surface area contributed by atoms with Crippen LogP contribution in [0.4, 0.5) is 27.0 Å². The quantitative estimate of drug-likeness (QED) is 0.0874. The number of alkyl halides is 2. The van der Waals surface area contributed by atoms with E-state index in [4.69, 9.17) is 57.4 Å². The van der Waals surface area contributed by atoms with Crippen LogP contribution in [0.2, 0.25) is 10.0 Å². The molecule has 6 aromatic rings. The number of carbonyl (C=O) groups is 5. The molecule has 10 rings (SSSR count). The van der Waals surface area contributed by atoms with Gasteiger partial charge in [-0.15, -0.1) is 0 Å². The van der Waals surface area contributed by atoms with Gasteiger partial charge in [-0.05, 0) is 44.7 Å². The molecule has 0 spiro atoms. The van der Waals surface area contributed by atoms with Crippen molar-refractivity contribution in [2.24, 2.45) is 19.8 Å². The molecule has 0 aromatic carbocycles. The SMILES string of the molecule is Cc1cc(=O)n(C)c2c(OC(C)CCC[C@H]3CN(c4cnc5c(n4)CC(=O)CO5)C(=O)O3)c(Cl)cnc12.Cn1c(=O)ccc2ncc(Cl)c(OCC=O)c21.ICI.NC[C@H]1CN(c2cnc3c(n2)NC(=O)CO3)C(=O)O1.S.S.[V]. The summed E-state index contributed by atoms with van der Waals surface area (Å²) in [5, 5.41) is 3.12. The fraction of sp³-hybridized carbons (Fsp3) is 0.383. The predicted octanol–water partition coefficient (Wildman–Crippen LogP) is 5.45. The van der Waals surface area contributed by atoms with E-state index in [0.29, 0.717) is 88.2 Å². The molecule has 1 unspecified atom stereocenters. The smallest absolute Gasteiger partial charge is 0.416 e. The van der Waals surface area contributed by atoms with Crippen molar-refractivity contribution in [2.75, 3.05) is 57.0 Å². The van der Waals surface area contributed by atoms with Crippen LogP contribution in [0.25, 0.3) is 22.1 Å². The van der Waals surface area contributed by atoms with Crippen molar-refractivity contribution in [3.05, 3.63) is 85.0 Å². The molecule has 2 saturated heterocycles. The molecule has 1 radical (unpaired) electrons. The number of pyridine rings is 4. The first kappa shape index (κ1) is 66.2. The standard InChI is InChI=1S/C25H26ClN5O6.C11H9ClN2O3.C10H11N5O4.CH2I2.2H2S.V/c1-13-7-20(33)30(3)22-21(13)27-9-17(26)23(22)36-14(2)5-4-6-16-11-31(25(34)37-16)19-10-28-24-18(29-19)8-15(32)12-35-24;1-14-9(16)3-2-8-10(14)11(17-5-4-15)7(12)6-13-8;11-1-5-3-15(10(17)19-5)6-2-12-9-8(13-6)14-7(16)4-18-9;2-1-3;;;/h7,9-10,14,16H,4-6,8,11-12H2,1-3H3;2-4,6H,5H2,1H3;2,5H,1,3-4,11H2,(H,13,14,16);1H2;2*1H2;/t14?,16-;;5-;;;;/m0.0..../s1. The van der Waals surface area contributed by atoms with Crippen LogP contribution in [0.5, 0.6) is 23.3 Å². The molecule has 0 saturated carbocycles. The van der Waals surface area contributed by atoms with Gasteiger partial charge in [-0.3, -0.25) is 43.7 Å². The minimum absolute atomic E-state index is 0. The topological polar surface area (TPSA) is 307 Å². The molecule has 2 fully saturated rings. The van der Waals surface area contributed by atoms with Crippen molar-refractivity contribution in [3.63, 3.8) is 0 Å². The Morgan fingerprint density at radius 3 is 2.10 bits per heavy atom. The number of amides is 3. The first-order valence-corrected chi connectivity index (χ1v) is 26.9. The third kappa shape index (κ3) is 16.2. The number of fused-ring (bicyclic) bond motifs is 4. The second kappa shape index (κ2) is 30.5. The van der Waals surface area contributed by atoms with Gasteiger partial charge in [-0.2, -0.15) is 27.0 Å². The zero-order valence-electron chi connectivity index (χ0n) is 42.4. The number of aryl methyl sites for hydroxylation is 3. The van der Waals surface area contributed by atoms with E-state index in [0.717, 1.165) is 12.0 Å². The van der Waals surface area contributed by atoms with Crippen LogP contribution in [-0.2, 0) is 62.9 Å². The number of nitrogens with zero attached hydrogens (tertiary/aromatic N) is 10. The van der Waals surface area contributed by atoms with Crippen molar-refractivity contribution < 1.29 is 70.9 Å². The number of ether oxygens (including phenoxy) is 6. The maximum absolute atomic E-state index is 12.5. The normalized spacial score (nSPS) is 16.1. The number of halogens is 4. The monoisotopic (exact) mass is 1430 g/mol. The molecular formula is C47H52Cl2I2N12O13S2V. The number of hydrogen-bond acceptors (Lipinski definition) is 20. The number of carbonyl (C=O) groups excluding carboxylic acids is 5. The number of Topliss-reactive ketones (excluding diaryl/α,β-unsaturated/α-hetero) is 1. The van der Waals surface area contributed by atoms with Crippen LogP contribution in [0, 0.1) is 6.92 Å². The van der Waals surface area contributed by atoms with Crippen LogP contribution in [0.3, 0.4) is 0 Å². The number of anilines is 3. The molecule has 3 N–H and O–H groups in total. The van der Waals surface area contributed by atoms with Crippen molar-refractivity contribution >= 4 is 165 Å². The summed E-state index contributed by atoms with van der Waals surface area (Å²) < 4.78 is 36.4. The van der Waals surface area contributed by atoms with Gasteiger partial charge in [0, 0.05) is 51.3 Å². The largest absolute Gasteiger partial charge is 0.487 e. The minimum atomic E-state index is -0.534. The second-order valence-electron chi connectivity index (χ2n) is 16.9. The Balaban J connectivity index is 0.000000269. The maximum atomic E-state index is 12.5. The fourth-order valence-corrected chi connectivity index (χ4v) is 8.29. The summed E-state index contributed by atoms with van der Waals surface area (Å²) in [6, 6.07) is 4.53. The van der Waals surface area contributed by atoms with Crippen LogP contribution in [0.15, 0.2) is 52.6 Å². The number of hydrogen-bond donors (Lipinski definition) is 2. The number of aldehydes is 1. The molecule has 79 heavy (non-hydrogen) atoms. The number of ketones is 1. The van der Waals surface area contributed by atoms with E-state index in [1.165, 1.54) is 58.3 Å². The van der Waals surface area contributed by atoms with Crippen LogP contribution < -0.4 is 50.9 Å². The molecule has 32 heteroatoms. The van der Waals surface area contributed by atoms with Gasteiger partial charge in [-0.25, -0.2) is 29.5 Å². The molecule has 25 nitrogen and oxygen atoms in total. The molecule has 423 valence electrons. The van der Waals surface area contributed by atoms with Gasteiger partial charge in [0.2, 0.25) is 5.88 Å². The fourth-order valence-electron chi connectivity index (χ4n) is 7.91. The van der Waals surface area contributed by atoms with E-state index in [1.54, 1.807) is 20.2 Å². The second-order valence-corrected chi connectivity index (χ2v) is 22.1. The van der Waals surface area contributed by atoms with E-state index >= 15 is 0 Å². The molecular weight excluding hydrogens is 1380 g/mol. The summed E-state index contributed by atoms with van der Waals surface area (Å²) >= 11 is 16.9. The van der Waals surface area contributed by atoms with Gasteiger partial charge >= 0.3 is 12.2 Å². The van der Waals surface area contributed by atoms with Gasteiger partial charge in [-0.1, -0.05) is 68.4 Å².